The second-order valence-corrected chi connectivity index (χ2v) is 4.33. The van der Waals surface area contributed by atoms with E-state index in [-0.39, 0.29) is 17.9 Å². The zero-order chi connectivity index (χ0) is 10.4. The molecule has 2 unspecified atom stereocenters. The summed E-state index contributed by atoms with van der Waals surface area (Å²) in [5.74, 6) is 0.216. The van der Waals surface area contributed by atoms with Crippen LogP contribution in [0.2, 0.25) is 0 Å². The van der Waals surface area contributed by atoms with Gasteiger partial charge in [0.15, 0.2) is 0 Å². The van der Waals surface area contributed by atoms with E-state index in [2.05, 4.69) is 28.2 Å². The molecule has 1 heterocycles. The van der Waals surface area contributed by atoms with Crippen molar-refractivity contribution in [3.05, 3.63) is 0 Å². The summed E-state index contributed by atoms with van der Waals surface area (Å²) in [6, 6.07) is 0.254. The normalized spacial score (nSPS) is 24.3. The summed E-state index contributed by atoms with van der Waals surface area (Å²) in [5.41, 5.74) is 0. The molecule has 82 valence electrons. The molecule has 0 bridgehead atoms. The molecular formula is C10H18BrNO2. The molecule has 2 atom stereocenters. The average molecular weight is 264 g/mol. The summed E-state index contributed by atoms with van der Waals surface area (Å²) in [6.07, 6.45) is 2.93. The standard InChI is InChI=1S/C10H18BrNO2/c1-2-9(6-11)12-10(13)8-4-3-5-14-7-8/h8-9H,2-7H2,1H3,(H,12,13). The van der Waals surface area contributed by atoms with Crippen LogP contribution in [0.25, 0.3) is 0 Å². The number of hydrogen-bond acceptors (Lipinski definition) is 2. The molecule has 1 rings (SSSR count). The van der Waals surface area contributed by atoms with Crippen LogP contribution >= 0.6 is 15.9 Å². The van der Waals surface area contributed by atoms with Crippen LogP contribution in [0, 0.1) is 5.92 Å². The first-order valence-corrected chi connectivity index (χ1v) is 6.34. The smallest absolute Gasteiger partial charge is 0.225 e. The second-order valence-electron chi connectivity index (χ2n) is 3.68. The minimum absolute atomic E-state index is 0.0665. The summed E-state index contributed by atoms with van der Waals surface area (Å²) in [4.78, 5) is 11.7. The van der Waals surface area contributed by atoms with Gasteiger partial charge in [-0.1, -0.05) is 22.9 Å². The van der Waals surface area contributed by atoms with Crippen LogP contribution in [0.3, 0.4) is 0 Å². The van der Waals surface area contributed by atoms with Gasteiger partial charge in [-0.2, -0.15) is 0 Å². The van der Waals surface area contributed by atoms with Gasteiger partial charge >= 0.3 is 0 Å². The molecule has 0 aromatic rings. The van der Waals surface area contributed by atoms with E-state index in [0.29, 0.717) is 6.61 Å². The monoisotopic (exact) mass is 263 g/mol. The molecular weight excluding hydrogens is 246 g/mol. The largest absolute Gasteiger partial charge is 0.381 e. The van der Waals surface area contributed by atoms with Crippen molar-refractivity contribution in [1.82, 2.24) is 5.32 Å². The molecule has 3 nitrogen and oxygen atoms in total. The number of nitrogens with one attached hydrogen (secondary N) is 1. The first-order valence-electron chi connectivity index (χ1n) is 5.22. The van der Waals surface area contributed by atoms with Crippen LogP contribution in [0.15, 0.2) is 0 Å². The van der Waals surface area contributed by atoms with Gasteiger partial charge in [-0.05, 0) is 19.3 Å². The number of amides is 1. The Hall–Kier alpha value is -0.0900. The number of halogens is 1. The highest BCUT2D eigenvalue weighted by atomic mass is 79.9. The molecule has 0 spiro atoms. The molecule has 1 amide bonds. The lowest BCUT2D eigenvalue weighted by molar-refractivity contribution is -0.129. The third-order valence-corrected chi connectivity index (χ3v) is 3.34. The molecule has 0 aromatic heterocycles. The summed E-state index contributed by atoms with van der Waals surface area (Å²) < 4.78 is 5.28. The fourth-order valence-corrected chi connectivity index (χ4v) is 2.14. The molecule has 0 radical (unpaired) electrons. The van der Waals surface area contributed by atoms with Gasteiger partial charge in [-0.3, -0.25) is 4.79 Å². The average Bonchev–Trinajstić information content (AvgIpc) is 2.26. The quantitative estimate of drug-likeness (QED) is 0.785. The summed E-state index contributed by atoms with van der Waals surface area (Å²) in [5, 5.41) is 3.84. The summed E-state index contributed by atoms with van der Waals surface area (Å²) >= 11 is 3.38. The Kier molecular flexibility index (Phi) is 5.48. The fraction of sp³-hybridized carbons (Fsp3) is 0.900. The van der Waals surface area contributed by atoms with Crippen LogP contribution in [0.1, 0.15) is 26.2 Å². The minimum atomic E-state index is 0.0665. The predicted molar refractivity (Wildman–Crippen MR) is 59.6 cm³/mol. The second kappa shape index (κ2) is 6.40. The molecule has 0 saturated carbocycles. The molecule has 4 heteroatoms. The maximum atomic E-state index is 11.7. The molecule has 14 heavy (non-hydrogen) atoms. The van der Waals surface area contributed by atoms with E-state index in [9.17, 15) is 4.79 Å². The van der Waals surface area contributed by atoms with Crippen molar-refractivity contribution in [2.24, 2.45) is 5.92 Å². The number of ether oxygens (including phenoxy) is 1. The van der Waals surface area contributed by atoms with E-state index in [1.807, 2.05) is 0 Å². The van der Waals surface area contributed by atoms with Crippen LogP contribution in [0.4, 0.5) is 0 Å². The summed E-state index contributed by atoms with van der Waals surface area (Å²) in [6.45, 7) is 3.47. The van der Waals surface area contributed by atoms with Gasteiger partial charge in [-0.15, -0.1) is 0 Å². The molecule has 1 N–H and O–H groups in total. The molecule has 1 aliphatic heterocycles. The molecule has 0 aromatic carbocycles. The van der Waals surface area contributed by atoms with Crippen LogP contribution < -0.4 is 5.32 Å². The third-order valence-electron chi connectivity index (χ3n) is 2.56. The van der Waals surface area contributed by atoms with Crippen molar-refractivity contribution in [3.63, 3.8) is 0 Å². The SMILES string of the molecule is CCC(CBr)NC(=O)C1CCCOC1. The number of carbonyl (C=O) groups is 1. The lowest BCUT2D eigenvalue weighted by Gasteiger charge is -2.23. The Labute approximate surface area is 93.7 Å². The van der Waals surface area contributed by atoms with Gasteiger partial charge in [0, 0.05) is 18.0 Å². The summed E-state index contributed by atoms with van der Waals surface area (Å²) in [7, 11) is 0. The van der Waals surface area contributed by atoms with Crippen molar-refractivity contribution in [2.45, 2.75) is 32.2 Å². The van der Waals surface area contributed by atoms with Crippen LogP contribution in [-0.4, -0.2) is 30.5 Å². The fourth-order valence-electron chi connectivity index (χ4n) is 1.52. The lowest BCUT2D eigenvalue weighted by Crippen LogP contribution is -2.42. The first-order chi connectivity index (χ1) is 6.77. The third kappa shape index (κ3) is 3.58. The molecule has 1 saturated heterocycles. The molecule has 1 fully saturated rings. The number of rotatable bonds is 4. The lowest BCUT2D eigenvalue weighted by atomic mass is 10.0. The predicted octanol–water partition coefficient (Wildman–Crippen LogP) is 1.70. The van der Waals surface area contributed by atoms with E-state index in [0.717, 1.165) is 31.2 Å². The highest BCUT2D eigenvalue weighted by Gasteiger charge is 2.22. The molecule has 1 aliphatic rings. The number of carbonyl (C=O) groups excluding carboxylic acids is 1. The van der Waals surface area contributed by atoms with Gasteiger partial charge in [0.25, 0.3) is 0 Å². The van der Waals surface area contributed by atoms with E-state index in [1.54, 1.807) is 0 Å². The van der Waals surface area contributed by atoms with Crippen LogP contribution in [0.5, 0.6) is 0 Å². The maximum absolute atomic E-state index is 11.7. The van der Waals surface area contributed by atoms with Crippen molar-refractivity contribution < 1.29 is 9.53 Å². The van der Waals surface area contributed by atoms with Gasteiger partial charge in [0.2, 0.25) is 5.91 Å². The number of hydrogen-bond donors (Lipinski definition) is 1. The van der Waals surface area contributed by atoms with E-state index in [4.69, 9.17) is 4.74 Å². The van der Waals surface area contributed by atoms with Crippen molar-refractivity contribution in [2.75, 3.05) is 18.5 Å². The van der Waals surface area contributed by atoms with E-state index >= 15 is 0 Å². The van der Waals surface area contributed by atoms with E-state index < -0.39 is 0 Å². The Bertz CT molecular complexity index is 177. The maximum Gasteiger partial charge on any atom is 0.225 e. The van der Waals surface area contributed by atoms with Crippen molar-refractivity contribution >= 4 is 21.8 Å². The van der Waals surface area contributed by atoms with Gasteiger partial charge in [0.05, 0.1) is 12.5 Å². The first kappa shape index (κ1) is 12.0. The van der Waals surface area contributed by atoms with E-state index in [1.165, 1.54) is 0 Å². The minimum Gasteiger partial charge on any atom is -0.381 e. The topological polar surface area (TPSA) is 38.3 Å². The van der Waals surface area contributed by atoms with Crippen molar-refractivity contribution in [1.29, 1.82) is 0 Å². The van der Waals surface area contributed by atoms with Gasteiger partial charge in [-0.25, -0.2) is 0 Å². The Balaban J connectivity index is 2.32. The molecule has 0 aliphatic carbocycles. The highest BCUT2D eigenvalue weighted by molar-refractivity contribution is 9.09. The zero-order valence-corrected chi connectivity index (χ0v) is 10.2. The highest BCUT2D eigenvalue weighted by Crippen LogP contribution is 2.14. The zero-order valence-electron chi connectivity index (χ0n) is 8.59. The Morgan fingerprint density at radius 1 is 1.71 bits per heavy atom. The Morgan fingerprint density at radius 3 is 3.00 bits per heavy atom. The Morgan fingerprint density at radius 2 is 2.50 bits per heavy atom. The van der Waals surface area contributed by atoms with Crippen molar-refractivity contribution in [3.8, 4) is 0 Å². The number of alkyl halides is 1. The van der Waals surface area contributed by atoms with Gasteiger partial charge < -0.3 is 10.1 Å². The van der Waals surface area contributed by atoms with Gasteiger partial charge in [0.1, 0.15) is 0 Å². The van der Waals surface area contributed by atoms with Crippen LogP contribution in [-0.2, 0) is 9.53 Å².